The minimum atomic E-state index is -0.0692. The fourth-order valence-corrected chi connectivity index (χ4v) is 3.12. The third-order valence-corrected chi connectivity index (χ3v) is 3.38. The van der Waals surface area contributed by atoms with Gasteiger partial charge in [0.15, 0.2) is 0 Å². The molecule has 0 bridgehead atoms. The minimum absolute atomic E-state index is 0.0692. The molecule has 0 spiro atoms. The molecule has 0 unspecified atom stereocenters. The lowest BCUT2D eigenvalue weighted by molar-refractivity contribution is 0.0617. The molecule has 1 fully saturated rings. The number of hydrogen-bond acceptors (Lipinski definition) is 1. The van der Waals surface area contributed by atoms with Crippen LogP contribution in [0.3, 0.4) is 0 Å². The van der Waals surface area contributed by atoms with Crippen molar-refractivity contribution in [2.24, 2.45) is 11.1 Å². The zero-order valence-corrected chi connectivity index (χ0v) is 10.2. The molecular weight excluding hydrogens is 182 g/mol. The Balaban J connectivity index is 2.31. The second-order valence-corrected chi connectivity index (χ2v) is 6.05. The van der Waals surface area contributed by atoms with Crippen LogP contribution in [0.15, 0.2) is 18.2 Å². The van der Waals surface area contributed by atoms with Crippen LogP contribution >= 0.6 is 0 Å². The summed E-state index contributed by atoms with van der Waals surface area (Å²) in [5.74, 6) is 0. The van der Waals surface area contributed by atoms with Gasteiger partial charge in [-0.1, -0.05) is 43.2 Å². The molecule has 1 nitrogen and oxygen atoms in total. The van der Waals surface area contributed by atoms with Crippen LogP contribution in [-0.4, -0.2) is 0 Å². The van der Waals surface area contributed by atoms with Gasteiger partial charge in [-0.3, -0.25) is 0 Å². The Bertz CT molecular complexity index is 362. The van der Waals surface area contributed by atoms with Gasteiger partial charge in [-0.05, 0) is 37.7 Å². The van der Waals surface area contributed by atoms with Gasteiger partial charge in [0.05, 0.1) is 0 Å². The normalized spacial score (nSPS) is 22.2. The van der Waals surface area contributed by atoms with E-state index in [1.165, 1.54) is 16.7 Å². The molecule has 1 aromatic carbocycles. The monoisotopic (exact) mass is 203 g/mol. The van der Waals surface area contributed by atoms with Gasteiger partial charge in [-0.15, -0.1) is 0 Å². The molecule has 2 N–H and O–H groups in total. The van der Waals surface area contributed by atoms with Crippen molar-refractivity contribution < 1.29 is 0 Å². The molecular formula is C14H21N. The van der Waals surface area contributed by atoms with Crippen LogP contribution in [0.4, 0.5) is 0 Å². The first-order valence-electron chi connectivity index (χ1n) is 5.68. The van der Waals surface area contributed by atoms with E-state index in [-0.39, 0.29) is 5.54 Å². The van der Waals surface area contributed by atoms with E-state index in [9.17, 15) is 0 Å². The Morgan fingerprint density at radius 2 is 1.47 bits per heavy atom. The summed E-state index contributed by atoms with van der Waals surface area (Å²) >= 11 is 0. The van der Waals surface area contributed by atoms with Gasteiger partial charge < -0.3 is 5.73 Å². The van der Waals surface area contributed by atoms with E-state index in [0.717, 1.165) is 12.8 Å². The van der Waals surface area contributed by atoms with Crippen molar-refractivity contribution in [2.75, 3.05) is 0 Å². The van der Waals surface area contributed by atoms with Gasteiger partial charge in [0.2, 0.25) is 0 Å². The minimum Gasteiger partial charge on any atom is -0.321 e. The summed E-state index contributed by atoms with van der Waals surface area (Å²) in [6.07, 6.45) is 2.20. The molecule has 2 rings (SSSR count). The smallest absolute Gasteiger partial charge is 0.0420 e. The molecule has 0 aliphatic heterocycles. The zero-order valence-electron chi connectivity index (χ0n) is 10.2. The standard InChI is InChI=1S/C14H21N/c1-10-5-11(2)7-12(6-10)14(15)8-13(3,4)9-14/h5-7H,8-9,15H2,1-4H3. The molecule has 0 aromatic heterocycles. The average Bonchev–Trinajstić information content (AvgIpc) is 1.98. The predicted molar refractivity (Wildman–Crippen MR) is 64.8 cm³/mol. The van der Waals surface area contributed by atoms with Crippen LogP contribution in [0.2, 0.25) is 0 Å². The molecule has 0 saturated heterocycles. The van der Waals surface area contributed by atoms with Crippen LogP contribution in [0.1, 0.15) is 43.4 Å². The van der Waals surface area contributed by atoms with Crippen molar-refractivity contribution in [3.05, 3.63) is 34.9 Å². The molecule has 0 heterocycles. The average molecular weight is 203 g/mol. The highest BCUT2D eigenvalue weighted by molar-refractivity contribution is 5.35. The summed E-state index contributed by atoms with van der Waals surface area (Å²) in [5.41, 5.74) is 10.7. The molecule has 1 aromatic rings. The van der Waals surface area contributed by atoms with E-state index in [0.29, 0.717) is 5.41 Å². The van der Waals surface area contributed by atoms with E-state index in [2.05, 4.69) is 45.9 Å². The highest BCUT2D eigenvalue weighted by Gasteiger charge is 2.47. The largest absolute Gasteiger partial charge is 0.321 e. The molecule has 15 heavy (non-hydrogen) atoms. The Hall–Kier alpha value is -0.820. The van der Waals surface area contributed by atoms with Gasteiger partial charge in [-0.25, -0.2) is 0 Å². The van der Waals surface area contributed by atoms with Crippen molar-refractivity contribution in [3.63, 3.8) is 0 Å². The molecule has 0 radical (unpaired) electrons. The topological polar surface area (TPSA) is 26.0 Å². The van der Waals surface area contributed by atoms with Crippen LogP contribution in [0.25, 0.3) is 0 Å². The molecule has 1 aliphatic rings. The Morgan fingerprint density at radius 1 is 1.00 bits per heavy atom. The van der Waals surface area contributed by atoms with E-state index in [4.69, 9.17) is 5.73 Å². The van der Waals surface area contributed by atoms with E-state index >= 15 is 0 Å². The lowest BCUT2D eigenvalue weighted by Gasteiger charge is -2.51. The zero-order chi connectivity index (χ0) is 11.3. The summed E-state index contributed by atoms with van der Waals surface area (Å²) in [6, 6.07) is 6.68. The SMILES string of the molecule is Cc1cc(C)cc(C2(N)CC(C)(C)C2)c1. The first-order chi connectivity index (χ1) is 6.81. The lowest BCUT2D eigenvalue weighted by atomic mass is 9.57. The fourth-order valence-electron chi connectivity index (χ4n) is 3.12. The highest BCUT2D eigenvalue weighted by atomic mass is 14.8. The molecule has 1 heteroatoms. The van der Waals surface area contributed by atoms with Crippen LogP contribution < -0.4 is 5.73 Å². The van der Waals surface area contributed by atoms with E-state index in [1.54, 1.807) is 0 Å². The quantitative estimate of drug-likeness (QED) is 0.744. The van der Waals surface area contributed by atoms with Crippen molar-refractivity contribution in [1.29, 1.82) is 0 Å². The number of benzene rings is 1. The van der Waals surface area contributed by atoms with Crippen molar-refractivity contribution in [2.45, 2.75) is 46.1 Å². The van der Waals surface area contributed by atoms with Gasteiger partial charge in [-0.2, -0.15) is 0 Å². The van der Waals surface area contributed by atoms with Crippen molar-refractivity contribution in [3.8, 4) is 0 Å². The lowest BCUT2D eigenvalue weighted by Crippen LogP contribution is -2.53. The second-order valence-electron chi connectivity index (χ2n) is 6.05. The Kier molecular flexibility index (Phi) is 2.20. The maximum absolute atomic E-state index is 6.44. The maximum atomic E-state index is 6.44. The fraction of sp³-hybridized carbons (Fsp3) is 0.571. The number of aryl methyl sites for hydroxylation is 2. The summed E-state index contributed by atoms with van der Waals surface area (Å²) in [5, 5.41) is 0. The van der Waals surface area contributed by atoms with Crippen molar-refractivity contribution in [1.82, 2.24) is 0 Å². The van der Waals surface area contributed by atoms with Crippen LogP contribution in [0.5, 0.6) is 0 Å². The van der Waals surface area contributed by atoms with Gasteiger partial charge in [0.25, 0.3) is 0 Å². The number of rotatable bonds is 1. The number of nitrogens with two attached hydrogens (primary N) is 1. The first kappa shape index (κ1) is 10.7. The molecule has 1 saturated carbocycles. The van der Waals surface area contributed by atoms with E-state index < -0.39 is 0 Å². The van der Waals surface area contributed by atoms with Gasteiger partial charge in [0.1, 0.15) is 0 Å². The Morgan fingerprint density at radius 3 is 1.87 bits per heavy atom. The highest BCUT2D eigenvalue weighted by Crippen LogP contribution is 2.52. The van der Waals surface area contributed by atoms with Crippen LogP contribution in [0, 0.1) is 19.3 Å². The summed E-state index contributed by atoms with van der Waals surface area (Å²) in [7, 11) is 0. The van der Waals surface area contributed by atoms with Crippen molar-refractivity contribution >= 4 is 0 Å². The third kappa shape index (κ3) is 1.93. The summed E-state index contributed by atoms with van der Waals surface area (Å²) in [4.78, 5) is 0. The molecule has 1 aliphatic carbocycles. The summed E-state index contributed by atoms with van der Waals surface area (Å²) in [6.45, 7) is 8.87. The predicted octanol–water partition coefficient (Wildman–Crippen LogP) is 3.28. The first-order valence-corrected chi connectivity index (χ1v) is 5.68. The molecule has 0 atom stereocenters. The van der Waals surface area contributed by atoms with E-state index in [1.807, 2.05) is 0 Å². The van der Waals surface area contributed by atoms with Gasteiger partial charge in [0, 0.05) is 5.54 Å². The second kappa shape index (κ2) is 3.08. The third-order valence-electron chi connectivity index (χ3n) is 3.38. The van der Waals surface area contributed by atoms with Gasteiger partial charge >= 0.3 is 0 Å². The number of hydrogen-bond donors (Lipinski definition) is 1. The Labute approximate surface area is 92.7 Å². The molecule has 82 valence electrons. The summed E-state index contributed by atoms with van der Waals surface area (Å²) < 4.78 is 0. The maximum Gasteiger partial charge on any atom is 0.0420 e. The molecule has 0 amide bonds. The van der Waals surface area contributed by atoms with Crippen LogP contribution in [-0.2, 0) is 5.54 Å².